The van der Waals surface area contributed by atoms with Crippen LogP contribution >= 0.6 is 0 Å². The molecule has 8 nitrogen and oxygen atoms in total. The van der Waals surface area contributed by atoms with Crippen molar-refractivity contribution in [3.8, 4) is 11.5 Å². The zero-order valence-corrected chi connectivity index (χ0v) is 47.6. The van der Waals surface area contributed by atoms with Crippen LogP contribution < -0.4 is 14.7 Å². The van der Waals surface area contributed by atoms with Crippen LogP contribution in [0.4, 0.5) is 0 Å². The number of hydrogen-bond acceptors (Lipinski definition) is 8. The van der Waals surface area contributed by atoms with E-state index in [-0.39, 0.29) is 39.7 Å². The first kappa shape index (κ1) is 46.6. The highest BCUT2D eigenvalue weighted by molar-refractivity contribution is 6.44. The van der Waals surface area contributed by atoms with Crippen LogP contribution in [0.25, 0.3) is 59.8 Å². The minimum atomic E-state index is -0.200. The Morgan fingerprint density at radius 1 is 0.622 bits per heavy atom. The predicted octanol–water partition coefficient (Wildman–Crippen LogP) is 13.8. The van der Waals surface area contributed by atoms with Gasteiger partial charge in [0.1, 0.15) is 18.1 Å². The van der Waals surface area contributed by atoms with E-state index in [0.717, 1.165) is 57.7 Å². The lowest BCUT2D eigenvalue weighted by atomic mass is 9.63. The third-order valence-corrected chi connectivity index (χ3v) is 25.0. The Balaban J connectivity index is 0.647. The summed E-state index contributed by atoms with van der Waals surface area (Å²) in [5, 5.41) is 15.5. The molecule has 0 N–H and O–H groups in total. The van der Waals surface area contributed by atoms with Gasteiger partial charge in [-0.05, 0) is 227 Å². The molecule has 7 unspecified atom stereocenters. The molecule has 3 saturated carbocycles. The van der Waals surface area contributed by atoms with E-state index >= 15 is 0 Å². The fraction of sp³-hybridized carbons (Fsp3) is 0.500. The van der Waals surface area contributed by atoms with Crippen molar-refractivity contribution < 1.29 is 38.0 Å². The van der Waals surface area contributed by atoms with Gasteiger partial charge >= 0.3 is 5.97 Å². The molecule has 2 heterocycles. The quantitative estimate of drug-likeness (QED) is 0.0400. The molecule has 7 aromatic carbocycles. The molecule has 2 spiro atoms. The smallest absolute Gasteiger partial charge is 0.306 e. The van der Waals surface area contributed by atoms with Crippen LogP contribution in [0.3, 0.4) is 0 Å². The monoisotopic (exact) mass is 1090 g/mol. The second-order valence-electron chi connectivity index (χ2n) is 29.1. The summed E-state index contributed by atoms with van der Waals surface area (Å²) in [5.74, 6) is 3.86. The average molecular weight is 1090 g/mol. The number of hydrogen-bond donors (Lipinski definition) is 0. The highest BCUT2D eigenvalue weighted by atomic mass is 16.5. The van der Waals surface area contributed by atoms with Crippen LogP contribution in [0.1, 0.15) is 171 Å². The van der Waals surface area contributed by atoms with Crippen molar-refractivity contribution in [2.75, 3.05) is 66.1 Å². The van der Waals surface area contributed by atoms with Crippen LogP contribution in [0.5, 0.6) is 11.5 Å². The molecule has 8 heteroatoms. The Hall–Kier alpha value is -5.77. The van der Waals surface area contributed by atoms with Crippen molar-refractivity contribution in [3.63, 3.8) is 0 Å². The van der Waals surface area contributed by atoms with Crippen molar-refractivity contribution in [1.82, 2.24) is 0 Å². The van der Waals surface area contributed by atoms with Crippen LogP contribution in [-0.2, 0) is 58.8 Å². The maximum Gasteiger partial charge on any atom is 0.306 e. The first-order valence-corrected chi connectivity index (χ1v) is 32.1. The number of carbonyl (C=O) groups is 1. The number of allylic oxidation sites excluding steroid dienone is 6. The van der Waals surface area contributed by atoms with Gasteiger partial charge in [-0.2, -0.15) is 0 Å². The Bertz CT molecular complexity index is 4270. The second-order valence-corrected chi connectivity index (χ2v) is 29.1. The van der Waals surface area contributed by atoms with E-state index in [1.165, 1.54) is 69.8 Å². The van der Waals surface area contributed by atoms with Gasteiger partial charge in [-0.15, -0.1) is 0 Å². The van der Waals surface area contributed by atoms with Crippen molar-refractivity contribution in [1.29, 1.82) is 0 Å². The number of benzene rings is 5. The molecule has 0 radical (unpaired) electrons. The number of aryl methyl sites for hydroxylation is 2. The van der Waals surface area contributed by atoms with E-state index < -0.39 is 0 Å². The van der Waals surface area contributed by atoms with E-state index in [0.29, 0.717) is 81.2 Å². The number of fused-ring (bicyclic) bond motifs is 3. The van der Waals surface area contributed by atoms with Gasteiger partial charge in [0.05, 0.1) is 52.9 Å². The molecule has 0 amide bonds. The third kappa shape index (κ3) is 5.00. The molecule has 82 heavy (non-hydrogen) atoms. The van der Waals surface area contributed by atoms with Crippen molar-refractivity contribution >= 4 is 65.8 Å². The molecule has 2 aliphatic heterocycles. The lowest BCUT2D eigenvalue weighted by Crippen LogP contribution is -2.43. The van der Waals surface area contributed by atoms with E-state index in [2.05, 4.69) is 44.2 Å². The summed E-state index contributed by atoms with van der Waals surface area (Å²) >= 11 is 0. The molecule has 0 aromatic heterocycles. The second kappa shape index (κ2) is 15.4. The van der Waals surface area contributed by atoms with Gasteiger partial charge < -0.3 is 33.2 Å². The molecule has 5 fully saturated rings. The summed E-state index contributed by atoms with van der Waals surface area (Å²) in [6.45, 7) is 11.3. The van der Waals surface area contributed by atoms with E-state index in [4.69, 9.17) is 33.2 Å². The Morgan fingerprint density at radius 2 is 1.33 bits per heavy atom. The lowest BCUT2D eigenvalue weighted by Gasteiger charge is -2.39. The van der Waals surface area contributed by atoms with Gasteiger partial charge in [-0.3, -0.25) is 4.79 Å². The summed E-state index contributed by atoms with van der Waals surface area (Å²) in [7, 11) is 0. The highest BCUT2D eigenvalue weighted by Crippen LogP contribution is 2.99. The van der Waals surface area contributed by atoms with Gasteiger partial charge in [0.2, 0.25) is 0 Å². The van der Waals surface area contributed by atoms with Gasteiger partial charge in [-0.25, -0.2) is 0 Å². The molecular weight excluding hydrogens is 1020 g/mol. The molecular formula is C74H70O8. The molecule has 7 atom stereocenters. The summed E-state index contributed by atoms with van der Waals surface area (Å²) in [5.41, 5.74) is 29.1. The molecule has 12 aliphatic carbocycles. The molecule has 2 saturated heterocycles. The summed E-state index contributed by atoms with van der Waals surface area (Å²) in [6.07, 6.45) is 16.2. The first-order valence-electron chi connectivity index (χ1n) is 32.1. The SMILES string of the molecule is CC1(COCCCOc2cc(COC(=O)CCCC3(c4ccccc4)C45C6=C7CCC8C9CCC%10C%11=c%12c%13c(c%14c%15c%16c(c%17c%18c%19c(c9c%10c%12c%19c%17c%15%13)C8C7=C%184)C53C(=C%16CC%14)CC6)CC%11)cc(OCCCOCC3(C)COC3)c2)COC1. The highest BCUT2D eigenvalue weighted by Gasteiger charge is 2.95. The molecule has 0 bridgehead atoms. The largest absolute Gasteiger partial charge is 0.493 e. The fourth-order valence-electron chi connectivity index (χ4n) is 22.8. The zero-order chi connectivity index (χ0) is 53.5. The summed E-state index contributed by atoms with van der Waals surface area (Å²) in [6, 6.07) is 18.0. The van der Waals surface area contributed by atoms with Gasteiger partial charge in [-0.1, -0.05) is 60.9 Å². The Kier molecular flexibility index (Phi) is 8.73. The van der Waals surface area contributed by atoms with Crippen LogP contribution in [0.2, 0.25) is 0 Å². The molecule has 7 aromatic rings. The first-order chi connectivity index (χ1) is 40.3. The lowest BCUT2D eigenvalue weighted by molar-refractivity contribution is -0.145. The number of ether oxygens (including phenoxy) is 7. The molecule has 14 aliphatic rings. The Labute approximate surface area is 478 Å². The Morgan fingerprint density at radius 3 is 2.07 bits per heavy atom. The number of rotatable bonds is 21. The van der Waals surface area contributed by atoms with Crippen LogP contribution in [-0.4, -0.2) is 72.0 Å². The average Bonchev–Trinajstić information content (AvgIpc) is 1.38. The van der Waals surface area contributed by atoms with Crippen molar-refractivity contribution in [2.24, 2.45) is 22.2 Å². The zero-order valence-electron chi connectivity index (χ0n) is 47.6. The van der Waals surface area contributed by atoms with Gasteiger partial charge in [0.25, 0.3) is 0 Å². The van der Waals surface area contributed by atoms with Crippen molar-refractivity contribution in [3.05, 3.63) is 132 Å². The molecule has 414 valence electrons. The van der Waals surface area contributed by atoms with Gasteiger partial charge in [0.15, 0.2) is 0 Å². The standard InChI is InChI=1S/C74H70O8/c1-70(33-78-34-70)31-76-23-7-25-80-39-27-37(28-40(29-39)81-26-8-24-77-32-71(2)35-79-36-71)30-82-51(75)11-6-22-72(38-9-4-3-5-10-38)73-49-20-21-50-48-19-17-46-44-15-13-42-41-12-14-43-45-16-18-47(49)58-56(45)61-54(43)52(41)60-53(42)55(44)62-57(46)59(48)69(74(50,72)73)67-65(62)63(60)64(61)66(67)68(58)73/h3-5,9-10,27-29,41,43,45,56H,6-8,11-26,30-36H2,1-2H3. The number of esters is 1. The minimum absolute atomic E-state index is 0.121. The normalized spacial score (nSPS) is 30.4. The van der Waals surface area contributed by atoms with Crippen LogP contribution in [0, 0.1) is 22.2 Å². The van der Waals surface area contributed by atoms with Crippen molar-refractivity contribution in [2.45, 2.75) is 145 Å². The topological polar surface area (TPSA) is 81.7 Å². The van der Waals surface area contributed by atoms with E-state index in [1.54, 1.807) is 87.3 Å². The van der Waals surface area contributed by atoms with E-state index in [1.807, 2.05) is 62.8 Å². The fourth-order valence-corrected chi connectivity index (χ4v) is 22.8. The third-order valence-electron chi connectivity index (χ3n) is 25.0. The van der Waals surface area contributed by atoms with Gasteiger partial charge in [0, 0.05) is 77.5 Å². The summed E-state index contributed by atoms with van der Waals surface area (Å²) < 4.78 is 42.0. The number of carbonyl (C=O) groups excluding carboxylic acids is 1. The maximum atomic E-state index is 14.6. The summed E-state index contributed by atoms with van der Waals surface area (Å²) in [4.78, 5) is 14.6. The molecule has 21 rings (SSSR count). The predicted molar refractivity (Wildman–Crippen MR) is 316 cm³/mol. The van der Waals surface area contributed by atoms with Crippen LogP contribution in [0.15, 0.2) is 70.8 Å². The minimum Gasteiger partial charge on any atom is -0.493 e. The van der Waals surface area contributed by atoms with E-state index in [9.17, 15) is 4.79 Å². The maximum absolute atomic E-state index is 14.6.